The van der Waals surface area contributed by atoms with Crippen LogP contribution < -0.4 is 10.2 Å². The van der Waals surface area contributed by atoms with Crippen molar-refractivity contribution < 1.29 is 9.53 Å². The number of halogens is 1. The molecular formula is C19H16BrN3O2. The van der Waals surface area contributed by atoms with E-state index in [9.17, 15) is 4.79 Å². The number of carbonyl (C=O) groups is 1. The predicted octanol–water partition coefficient (Wildman–Crippen LogP) is 4.16. The van der Waals surface area contributed by atoms with E-state index in [-0.39, 0.29) is 5.91 Å². The Kier molecular flexibility index (Phi) is 5.40. The Hall–Kier alpha value is -2.73. The summed E-state index contributed by atoms with van der Waals surface area (Å²) in [6.07, 6.45) is 1.55. The van der Waals surface area contributed by atoms with Gasteiger partial charge in [0.05, 0.1) is 18.3 Å². The average molecular weight is 398 g/mol. The van der Waals surface area contributed by atoms with Gasteiger partial charge in [0, 0.05) is 15.4 Å². The number of rotatable bonds is 5. The maximum Gasteiger partial charge on any atom is 0.289 e. The summed E-state index contributed by atoms with van der Waals surface area (Å²) in [7, 11) is 0. The second-order valence-electron chi connectivity index (χ2n) is 5.20. The van der Waals surface area contributed by atoms with E-state index in [0.717, 1.165) is 20.9 Å². The van der Waals surface area contributed by atoms with Crippen molar-refractivity contribution in [2.75, 3.05) is 6.61 Å². The first-order valence-electron chi connectivity index (χ1n) is 7.79. The molecule has 0 saturated carbocycles. The number of carbonyl (C=O) groups excluding carboxylic acids is 1. The zero-order chi connectivity index (χ0) is 17.6. The zero-order valence-corrected chi connectivity index (χ0v) is 15.2. The molecule has 0 atom stereocenters. The SMILES string of the molecule is CCOc1ccc(Br)cc1/C=N/NC(=O)c1ccc2ccccc2n1. The second kappa shape index (κ2) is 7.90. The number of pyridine rings is 1. The first-order valence-corrected chi connectivity index (χ1v) is 8.58. The first-order chi connectivity index (χ1) is 12.2. The van der Waals surface area contributed by atoms with Gasteiger partial charge in [-0.3, -0.25) is 4.79 Å². The average Bonchev–Trinajstić information content (AvgIpc) is 2.63. The van der Waals surface area contributed by atoms with Crippen LogP contribution in [0, 0.1) is 0 Å². The van der Waals surface area contributed by atoms with Crippen LogP contribution in [0.3, 0.4) is 0 Å². The molecular weight excluding hydrogens is 382 g/mol. The number of benzene rings is 2. The van der Waals surface area contributed by atoms with Crippen molar-refractivity contribution >= 4 is 39.0 Å². The molecule has 6 heteroatoms. The minimum Gasteiger partial charge on any atom is -0.493 e. The van der Waals surface area contributed by atoms with E-state index in [1.807, 2.05) is 55.5 Å². The molecule has 126 valence electrons. The van der Waals surface area contributed by atoms with Gasteiger partial charge in [-0.15, -0.1) is 0 Å². The molecule has 0 spiro atoms. The molecule has 0 fully saturated rings. The second-order valence-corrected chi connectivity index (χ2v) is 6.12. The summed E-state index contributed by atoms with van der Waals surface area (Å²) in [4.78, 5) is 16.6. The number of fused-ring (bicyclic) bond motifs is 1. The maximum atomic E-state index is 12.2. The third kappa shape index (κ3) is 4.22. The lowest BCUT2D eigenvalue weighted by molar-refractivity contribution is 0.0950. The van der Waals surface area contributed by atoms with Gasteiger partial charge in [-0.05, 0) is 37.3 Å². The molecule has 5 nitrogen and oxygen atoms in total. The van der Waals surface area contributed by atoms with Crippen molar-refractivity contribution in [1.29, 1.82) is 0 Å². The van der Waals surface area contributed by atoms with E-state index in [1.165, 1.54) is 0 Å². The fourth-order valence-corrected chi connectivity index (χ4v) is 2.70. The fourth-order valence-electron chi connectivity index (χ4n) is 2.32. The monoisotopic (exact) mass is 397 g/mol. The summed E-state index contributed by atoms with van der Waals surface area (Å²) in [6, 6.07) is 16.8. The van der Waals surface area contributed by atoms with E-state index in [0.29, 0.717) is 18.1 Å². The normalized spacial score (nSPS) is 11.0. The van der Waals surface area contributed by atoms with Gasteiger partial charge in [0.1, 0.15) is 11.4 Å². The van der Waals surface area contributed by atoms with Crippen LogP contribution in [0.15, 0.2) is 64.2 Å². The molecule has 0 bridgehead atoms. The third-order valence-corrected chi connectivity index (χ3v) is 3.97. The zero-order valence-electron chi connectivity index (χ0n) is 13.6. The molecule has 0 saturated heterocycles. The van der Waals surface area contributed by atoms with Crippen LogP contribution in [-0.2, 0) is 0 Å². The largest absolute Gasteiger partial charge is 0.493 e. The first kappa shape index (κ1) is 17.1. The maximum absolute atomic E-state index is 12.2. The van der Waals surface area contributed by atoms with Crippen LogP contribution in [0.5, 0.6) is 5.75 Å². The fraction of sp³-hybridized carbons (Fsp3) is 0.105. The van der Waals surface area contributed by atoms with Gasteiger partial charge < -0.3 is 4.74 Å². The highest BCUT2D eigenvalue weighted by Crippen LogP contribution is 2.21. The molecule has 2 aromatic carbocycles. The van der Waals surface area contributed by atoms with Crippen LogP contribution >= 0.6 is 15.9 Å². The summed E-state index contributed by atoms with van der Waals surface area (Å²) in [5, 5.41) is 5.00. The van der Waals surface area contributed by atoms with E-state index in [2.05, 4.69) is 31.4 Å². The molecule has 1 amide bonds. The van der Waals surface area contributed by atoms with Gasteiger partial charge in [0.25, 0.3) is 5.91 Å². The molecule has 0 aliphatic rings. The van der Waals surface area contributed by atoms with Crippen LogP contribution in [0.25, 0.3) is 10.9 Å². The van der Waals surface area contributed by atoms with Crippen LogP contribution in [0.4, 0.5) is 0 Å². The van der Waals surface area contributed by atoms with Crippen molar-refractivity contribution in [3.8, 4) is 5.75 Å². The quantitative estimate of drug-likeness (QED) is 0.519. The van der Waals surface area contributed by atoms with Gasteiger partial charge in [-0.25, -0.2) is 10.4 Å². The topological polar surface area (TPSA) is 63.6 Å². The van der Waals surface area contributed by atoms with Crippen LogP contribution in [0.1, 0.15) is 23.0 Å². The highest BCUT2D eigenvalue weighted by Gasteiger charge is 2.07. The molecule has 0 aliphatic heterocycles. The Labute approximate surface area is 153 Å². The molecule has 3 aromatic rings. The summed E-state index contributed by atoms with van der Waals surface area (Å²) in [5.41, 5.74) is 4.35. The Morgan fingerprint density at radius 1 is 1.24 bits per heavy atom. The van der Waals surface area contributed by atoms with Gasteiger partial charge >= 0.3 is 0 Å². The molecule has 25 heavy (non-hydrogen) atoms. The minimum atomic E-state index is -0.366. The Morgan fingerprint density at radius 2 is 2.08 bits per heavy atom. The predicted molar refractivity (Wildman–Crippen MR) is 102 cm³/mol. The van der Waals surface area contributed by atoms with Crippen LogP contribution in [-0.4, -0.2) is 23.7 Å². The number of nitrogens with zero attached hydrogens (tertiary/aromatic N) is 2. The molecule has 1 heterocycles. The van der Waals surface area contributed by atoms with Crippen LogP contribution in [0.2, 0.25) is 0 Å². The van der Waals surface area contributed by atoms with E-state index >= 15 is 0 Å². The number of hydrazone groups is 1. The van der Waals surface area contributed by atoms with E-state index < -0.39 is 0 Å². The Morgan fingerprint density at radius 3 is 2.92 bits per heavy atom. The number of hydrogen-bond donors (Lipinski definition) is 1. The van der Waals surface area contributed by atoms with Gasteiger partial charge in [0.15, 0.2) is 0 Å². The number of nitrogens with one attached hydrogen (secondary N) is 1. The van der Waals surface area contributed by atoms with Gasteiger partial charge in [-0.2, -0.15) is 5.10 Å². The van der Waals surface area contributed by atoms with Gasteiger partial charge in [-0.1, -0.05) is 40.2 Å². The van der Waals surface area contributed by atoms with Crippen molar-refractivity contribution in [3.63, 3.8) is 0 Å². The summed E-state index contributed by atoms with van der Waals surface area (Å²) >= 11 is 3.41. The van der Waals surface area contributed by atoms with E-state index in [1.54, 1.807) is 12.3 Å². The summed E-state index contributed by atoms with van der Waals surface area (Å²) in [6.45, 7) is 2.46. The number of amides is 1. The molecule has 0 aliphatic carbocycles. The minimum absolute atomic E-state index is 0.315. The standard InChI is InChI=1S/C19H16BrN3O2/c1-2-25-18-10-8-15(20)11-14(18)12-21-23-19(24)17-9-7-13-5-3-4-6-16(13)22-17/h3-12H,2H2,1H3,(H,23,24)/b21-12+. The molecule has 1 aromatic heterocycles. The molecule has 3 rings (SSSR count). The molecule has 1 N–H and O–H groups in total. The summed E-state index contributed by atoms with van der Waals surface area (Å²) in [5.74, 6) is 0.336. The number of hydrogen-bond acceptors (Lipinski definition) is 4. The Bertz CT molecular complexity index is 941. The van der Waals surface area contributed by atoms with Crippen molar-refractivity contribution in [1.82, 2.24) is 10.4 Å². The van der Waals surface area contributed by atoms with Gasteiger partial charge in [0.2, 0.25) is 0 Å². The lowest BCUT2D eigenvalue weighted by Crippen LogP contribution is -2.19. The highest BCUT2D eigenvalue weighted by atomic mass is 79.9. The number of aromatic nitrogens is 1. The number of ether oxygens (including phenoxy) is 1. The van der Waals surface area contributed by atoms with Crippen molar-refractivity contribution in [2.24, 2.45) is 5.10 Å². The summed E-state index contributed by atoms with van der Waals surface area (Å²) < 4.78 is 6.45. The lowest BCUT2D eigenvalue weighted by atomic mass is 10.2. The van der Waals surface area contributed by atoms with Crippen molar-refractivity contribution in [3.05, 3.63) is 70.3 Å². The molecule has 0 radical (unpaired) electrons. The highest BCUT2D eigenvalue weighted by molar-refractivity contribution is 9.10. The van der Waals surface area contributed by atoms with Crippen molar-refractivity contribution in [2.45, 2.75) is 6.92 Å². The lowest BCUT2D eigenvalue weighted by Gasteiger charge is -2.07. The number of para-hydroxylation sites is 1. The third-order valence-electron chi connectivity index (χ3n) is 3.47. The molecule has 0 unspecified atom stereocenters. The van der Waals surface area contributed by atoms with E-state index in [4.69, 9.17) is 4.74 Å². The smallest absolute Gasteiger partial charge is 0.289 e. The Balaban J connectivity index is 1.75.